The maximum absolute atomic E-state index is 13.0. The Balaban J connectivity index is 1.74. The van der Waals surface area contributed by atoms with Crippen molar-refractivity contribution in [3.05, 3.63) is 71.2 Å². The molecule has 7 heteroatoms. The maximum Gasteiger partial charge on any atom is 0.418 e. The van der Waals surface area contributed by atoms with Crippen LogP contribution in [-0.2, 0) is 11.0 Å². The first-order valence-corrected chi connectivity index (χ1v) is 8.00. The van der Waals surface area contributed by atoms with Crippen LogP contribution in [0.1, 0.15) is 5.56 Å². The van der Waals surface area contributed by atoms with Crippen molar-refractivity contribution in [2.45, 2.75) is 6.18 Å². The van der Waals surface area contributed by atoms with Crippen LogP contribution in [0.2, 0.25) is 5.02 Å². The van der Waals surface area contributed by atoms with E-state index in [2.05, 4.69) is 5.32 Å². The second-order valence-corrected chi connectivity index (χ2v) is 5.88. The van der Waals surface area contributed by atoms with Crippen molar-refractivity contribution >= 4 is 34.0 Å². The van der Waals surface area contributed by atoms with Crippen molar-refractivity contribution in [2.24, 2.45) is 0 Å². The zero-order chi connectivity index (χ0) is 18.7. The Labute approximate surface area is 152 Å². The number of hydrogen-bond acceptors (Lipinski definition) is 2. The number of amides is 1. The zero-order valence-electron chi connectivity index (χ0n) is 13.3. The van der Waals surface area contributed by atoms with Crippen LogP contribution in [-0.4, -0.2) is 12.5 Å². The maximum atomic E-state index is 13.0. The quantitative estimate of drug-likeness (QED) is 0.647. The minimum Gasteiger partial charge on any atom is -0.483 e. The first-order valence-electron chi connectivity index (χ1n) is 7.62. The Morgan fingerprint density at radius 2 is 1.62 bits per heavy atom. The van der Waals surface area contributed by atoms with E-state index in [1.54, 1.807) is 24.3 Å². The summed E-state index contributed by atoms with van der Waals surface area (Å²) >= 11 is 6.12. The molecule has 3 rings (SSSR count). The molecule has 3 aromatic carbocycles. The van der Waals surface area contributed by atoms with E-state index >= 15 is 0 Å². The van der Waals surface area contributed by atoms with Gasteiger partial charge < -0.3 is 10.1 Å². The van der Waals surface area contributed by atoms with Gasteiger partial charge in [0.05, 0.1) is 11.3 Å². The molecule has 3 aromatic rings. The van der Waals surface area contributed by atoms with Gasteiger partial charge in [-0.25, -0.2) is 0 Å². The standard InChI is InChI=1S/C19H13ClF3NO2/c20-15-9-10-17(13-6-2-1-5-12(13)15)26-11-18(25)24-16-8-4-3-7-14(16)19(21,22)23/h1-10H,11H2,(H,24,25). The molecule has 26 heavy (non-hydrogen) atoms. The molecule has 0 aliphatic heterocycles. The zero-order valence-corrected chi connectivity index (χ0v) is 14.1. The summed E-state index contributed by atoms with van der Waals surface area (Å²) in [6, 6.07) is 15.2. The molecule has 0 heterocycles. The highest BCUT2D eigenvalue weighted by Gasteiger charge is 2.33. The molecule has 134 valence electrons. The predicted molar refractivity (Wildman–Crippen MR) is 94.5 cm³/mol. The minimum atomic E-state index is -4.56. The molecule has 0 aromatic heterocycles. The second kappa shape index (κ2) is 7.25. The van der Waals surface area contributed by atoms with Crippen LogP contribution in [0.3, 0.4) is 0 Å². The Morgan fingerprint density at radius 3 is 2.35 bits per heavy atom. The molecule has 0 bridgehead atoms. The molecule has 0 aliphatic rings. The smallest absolute Gasteiger partial charge is 0.418 e. The van der Waals surface area contributed by atoms with Crippen LogP contribution in [0.5, 0.6) is 5.75 Å². The highest BCUT2D eigenvalue weighted by atomic mass is 35.5. The summed E-state index contributed by atoms with van der Waals surface area (Å²) in [4.78, 5) is 12.0. The highest BCUT2D eigenvalue weighted by Crippen LogP contribution is 2.35. The van der Waals surface area contributed by atoms with Gasteiger partial charge in [0, 0.05) is 15.8 Å². The molecule has 1 amide bonds. The van der Waals surface area contributed by atoms with E-state index in [1.165, 1.54) is 18.2 Å². The number of carbonyl (C=O) groups is 1. The van der Waals surface area contributed by atoms with Gasteiger partial charge in [0.2, 0.25) is 0 Å². The van der Waals surface area contributed by atoms with Crippen LogP contribution < -0.4 is 10.1 Å². The monoisotopic (exact) mass is 379 g/mol. The number of rotatable bonds is 4. The minimum absolute atomic E-state index is 0.311. The van der Waals surface area contributed by atoms with Crippen LogP contribution in [0, 0.1) is 0 Å². The average Bonchev–Trinajstić information content (AvgIpc) is 2.61. The first-order chi connectivity index (χ1) is 12.4. The molecule has 0 saturated carbocycles. The third kappa shape index (κ3) is 3.91. The molecule has 0 fully saturated rings. The fraction of sp³-hybridized carbons (Fsp3) is 0.105. The van der Waals surface area contributed by atoms with E-state index in [0.717, 1.165) is 11.5 Å². The van der Waals surface area contributed by atoms with Crippen molar-refractivity contribution < 1.29 is 22.7 Å². The number of nitrogens with one attached hydrogen (secondary N) is 1. The molecule has 0 radical (unpaired) electrons. The number of ether oxygens (including phenoxy) is 1. The van der Waals surface area contributed by atoms with Crippen LogP contribution in [0.25, 0.3) is 10.8 Å². The molecule has 0 unspecified atom stereocenters. The number of benzene rings is 3. The molecule has 0 saturated heterocycles. The van der Waals surface area contributed by atoms with Crippen LogP contribution >= 0.6 is 11.6 Å². The number of alkyl halides is 3. The Kier molecular flexibility index (Phi) is 5.04. The molecule has 1 N–H and O–H groups in total. The third-order valence-electron chi connectivity index (χ3n) is 3.70. The summed E-state index contributed by atoms with van der Waals surface area (Å²) in [5.74, 6) is -0.273. The van der Waals surface area contributed by atoms with Crippen molar-refractivity contribution in [1.82, 2.24) is 0 Å². The van der Waals surface area contributed by atoms with Gasteiger partial charge in [-0.2, -0.15) is 13.2 Å². The normalized spacial score (nSPS) is 11.4. The lowest BCUT2D eigenvalue weighted by molar-refractivity contribution is -0.137. The van der Waals surface area contributed by atoms with Gasteiger partial charge in [-0.3, -0.25) is 4.79 Å². The number of carbonyl (C=O) groups excluding carboxylic acids is 1. The predicted octanol–water partition coefficient (Wildman–Crippen LogP) is 5.53. The van der Waals surface area contributed by atoms with Crippen molar-refractivity contribution in [3.8, 4) is 5.75 Å². The number of anilines is 1. The van der Waals surface area contributed by atoms with Gasteiger partial charge in [-0.15, -0.1) is 0 Å². The van der Waals surface area contributed by atoms with Gasteiger partial charge in [0.25, 0.3) is 5.91 Å². The summed E-state index contributed by atoms with van der Waals surface area (Å²) in [6.07, 6.45) is -4.56. The third-order valence-corrected chi connectivity index (χ3v) is 4.03. The van der Waals surface area contributed by atoms with Crippen molar-refractivity contribution in [3.63, 3.8) is 0 Å². The number of hydrogen-bond donors (Lipinski definition) is 1. The largest absolute Gasteiger partial charge is 0.483 e. The van der Waals surface area contributed by atoms with Crippen molar-refractivity contribution in [2.75, 3.05) is 11.9 Å². The lowest BCUT2D eigenvalue weighted by Gasteiger charge is -2.14. The SMILES string of the molecule is O=C(COc1ccc(Cl)c2ccccc12)Nc1ccccc1C(F)(F)F. The van der Waals surface area contributed by atoms with E-state index in [9.17, 15) is 18.0 Å². The van der Waals surface area contributed by atoms with E-state index in [0.29, 0.717) is 16.2 Å². The van der Waals surface area contributed by atoms with E-state index < -0.39 is 24.3 Å². The topological polar surface area (TPSA) is 38.3 Å². The molecular formula is C19H13ClF3NO2. The van der Waals surface area contributed by atoms with Gasteiger partial charge in [0.15, 0.2) is 6.61 Å². The van der Waals surface area contributed by atoms with Crippen LogP contribution in [0.15, 0.2) is 60.7 Å². The van der Waals surface area contributed by atoms with Crippen LogP contribution in [0.4, 0.5) is 18.9 Å². The van der Waals surface area contributed by atoms with Gasteiger partial charge in [-0.05, 0) is 24.3 Å². The molecular weight excluding hydrogens is 367 g/mol. The summed E-state index contributed by atoms with van der Waals surface area (Å²) < 4.78 is 44.4. The summed E-state index contributed by atoms with van der Waals surface area (Å²) in [6.45, 7) is -0.433. The van der Waals surface area contributed by atoms with E-state index in [4.69, 9.17) is 16.3 Å². The fourth-order valence-electron chi connectivity index (χ4n) is 2.53. The second-order valence-electron chi connectivity index (χ2n) is 5.47. The lowest BCUT2D eigenvalue weighted by Crippen LogP contribution is -2.22. The Hall–Kier alpha value is -2.73. The summed E-state index contributed by atoms with van der Waals surface area (Å²) in [7, 11) is 0. The first kappa shape index (κ1) is 18.1. The van der Waals surface area contributed by atoms with E-state index in [-0.39, 0.29) is 5.69 Å². The fourth-order valence-corrected chi connectivity index (χ4v) is 2.76. The summed E-state index contributed by atoms with van der Waals surface area (Å²) in [5.41, 5.74) is -1.22. The number of para-hydroxylation sites is 1. The molecule has 0 aliphatic carbocycles. The number of halogens is 4. The van der Waals surface area contributed by atoms with Gasteiger partial charge >= 0.3 is 6.18 Å². The summed E-state index contributed by atoms with van der Waals surface area (Å²) in [5, 5.41) is 4.25. The molecule has 3 nitrogen and oxygen atoms in total. The van der Waals surface area contributed by atoms with E-state index in [1.807, 2.05) is 12.1 Å². The van der Waals surface area contributed by atoms with Gasteiger partial charge in [-0.1, -0.05) is 48.0 Å². The average molecular weight is 380 g/mol. The highest BCUT2D eigenvalue weighted by molar-refractivity contribution is 6.35. The Morgan fingerprint density at radius 1 is 0.962 bits per heavy atom. The molecule has 0 atom stereocenters. The van der Waals surface area contributed by atoms with Gasteiger partial charge in [0.1, 0.15) is 5.75 Å². The molecule has 0 spiro atoms. The van der Waals surface area contributed by atoms with Crippen molar-refractivity contribution in [1.29, 1.82) is 0 Å². The Bertz CT molecular complexity index is 957. The lowest BCUT2D eigenvalue weighted by atomic mass is 10.1. The number of fused-ring (bicyclic) bond motifs is 1.